The van der Waals surface area contributed by atoms with Gasteiger partial charge in [0.05, 0.1) is 0 Å². The first-order chi connectivity index (χ1) is 14.2. The van der Waals surface area contributed by atoms with E-state index in [9.17, 15) is 0 Å². The highest BCUT2D eigenvalue weighted by Crippen LogP contribution is 2.26. The number of aryl methyl sites for hydroxylation is 1. The maximum atomic E-state index is 6.60. The van der Waals surface area contributed by atoms with E-state index in [0.717, 1.165) is 5.19 Å². The molecule has 3 nitrogen and oxygen atoms in total. The number of hydrogen-bond donors (Lipinski definition) is 0. The van der Waals surface area contributed by atoms with Gasteiger partial charge in [-0.2, -0.15) is 0 Å². The summed E-state index contributed by atoms with van der Waals surface area (Å²) in [6.07, 6.45) is 0. The van der Waals surface area contributed by atoms with E-state index < -0.39 is 8.80 Å². The number of rotatable bonds is 10. The van der Waals surface area contributed by atoms with E-state index in [1.54, 1.807) is 0 Å². The molecule has 0 saturated heterocycles. The normalized spacial score (nSPS) is 11.7. The lowest BCUT2D eigenvalue weighted by Crippen LogP contribution is -2.57. The van der Waals surface area contributed by atoms with Gasteiger partial charge in [-0.15, -0.1) is 0 Å². The SMILES string of the molecule is CCO[Si](OCC)(OCC(c1ccccc1)c1ccccc1)c1ccc(C)cc1. The molecule has 0 radical (unpaired) electrons. The molecule has 0 atom stereocenters. The summed E-state index contributed by atoms with van der Waals surface area (Å²) in [5, 5.41) is 1.01. The van der Waals surface area contributed by atoms with Crippen molar-refractivity contribution < 1.29 is 13.3 Å². The van der Waals surface area contributed by atoms with Crippen molar-refractivity contribution in [2.45, 2.75) is 26.7 Å². The van der Waals surface area contributed by atoms with Crippen LogP contribution in [0.1, 0.15) is 36.5 Å². The Balaban J connectivity index is 1.93. The highest BCUT2D eigenvalue weighted by atomic mass is 28.4. The Morgan fingerprint density at radius 3 is 1.59 bits per heavy atom. The molecule has 0 aromatic heterocycles. The van der Waals surface area contributed by atoms with Crippen LogP contribution < -0.4 is 5.19 Å². The second-order valence-corrected chi connectivity index (χ2v) is 9.53. The quantitative estimate of drug-likeness (QED) is 0.440. The summed E-state index contributed by atoms with van der Waals surface area (Å²) in [6, 6.07) is 29.3. The Morgan fingerprint density at radius 1 is 0.655 bits per heavy atom. The minimum Gasteiger partial charge on any atom is -0.370 e. The highest BCUT2D eigenvalue weighted by molar-refractivity contribution is 6.75. The summed E-state index contributed by atoms with van der Waals surface area (Å²) < 4.78 is 19.0. The average Bonchev–Trinajstić information content (AvgIpc) is 2.76. The molecule has 0 N–H and O–H groups in total. The molecule has 0 fully saturated rings. The predicted octanol–water partition coefficient (Wildman–Crippen LogP) is 5.06. The zero-order valence-corrected chi connectivity index (χ0v) is 18.5. The van der Waals surface area contributed by atoms with Crippen LogP contribution in [0.15, 0.2) is 84.9 Å². The maximum Gasteiger partial charge on any atom is 0.537 e. The van der Waals surface area contributed by atoms with Crippen molar-refractivity contribution in [3.63, 3.8) is 0 Å². The number of hydrogen-bond acceptors (Lipinski definition) is 3. The van der Waals surface area contributed by atoms with Crippen molar-refractivity contribution >= 4 is 14.0 Å². The van der Waals surface area contributed by atoms with Gasteiger partial charge in [0.2, 0.25) is 0 Å². The summed E-state index contributed by atoms with van der Waals surface area (Å²) in [5.41, 5.74) is 3.65. The van der Waals surface area contributed by atoms with Crippen LogP contribution in [0, 0.1) is 6.92 Å². The Labute approximate surface area is 175 Å². The van der Waals surface area contributed by atoms with E-state index in [4.69, 9.17) is 13.3 Å². The minimum atomic E-state index is -3.02. The van der Waals surface area contributed by atoms with Gasteiger partial charge in [-0.05, 0) is 31.9 Å². The molecule has 0 aliphatic rings. The first kappa shape index (κ1) is 21.5. The topological polar surface area (TPSA) is 27.7 Å². The lowest BCUT2D eigenvalue weighted by Gasteiger charge is -2.31. The molecule has 152 valence electrons. The molecule has 3 rings (SSSR count). The fraction of sp³-hybridized carbons (Fsp3) is 0.280. The van der Waals surface area contributed by atoms with Gasteiger partial charge in [0.25, 0.3) is 0 Å². The Morgan fingerprint density at radius 2 is 1.14 bits per heavy atom. The molecule has 0 aliphatic heterocycles. The molecular formula is C25H30O3Si. The van der Waals surface area contributed by atoms with Crippen LogP contribution in [-0.2, 0) is 13.3 Å². The van der Waals surface area contributed by atoms with E-state index in [2.05, 4.69) is 79.7 Å². The summed E-state index contributed by atoms with van der Waals surface area (Å²) in [6.45, 7) is 7.64. The molecule has 0 unspecified atom stereocenters. The van der Waals surface area contributed by atoms with Crippen molar-refractivity contribution in [3.8, 4) is 0 Å². The van der Waals surface area contributed by atoms with Gasteiger partial charge in [-0.1, -0.05) is 90.5 Å². The van der Waals surface area contributed by atoms with Crippen LogP contribution in [0.5, 0.6) is 0 Å². The molecule has 0 heterocycles. The molecule has 0 bridgehead atoms. The molecule has 3 aromatic carbocycles. The molecule has 0 spiro atoms. The smallest absolute Gasteiger partial charge is 0.370 e. The predicted molar refractivity (Wildman–Crippen MR) is 120 cm³/mol. The first-order valence-electron chi connectivity index (χ1n) is 10.3. The van der Waals surface area contributed by atoms with Crippen molar-refractivity contribution in [1.29, 1.82) is 0 Å². The van der Waals surface area contributed by atoms with Gasteiger partial charge in [0.15, 0.2) is 0 Å². The molecule has 29 heavy (non-hydrogen) atoms. The number of benzene rings is 3. The van der Waals surface area contributed by atoms with Crippen LogP contribution >= 0.6 is 0 Å². The van der Waals surface area contributed by atoms with Crippen LogP contribution in [-0.4, -0.2) is 28.6 Å². The molecule has 0 amide bonds. The van der Waals surface area contributed by atoms with Gasteiger partial charge in [0.1, 0.15) is 0 Å². The highest BCUT2D eigenvalue weighted by Gasteiger charge is 2.44. The molecule has 4 heteroatoms. The standard InChI is InChI=1S/C25H30O3Si/c1-4-26-29(27-5-2,24-18-16-21(3)17-19-24)28-20-25(22-12-8-6-9-13-22)23-14-10-7-11-15-23/h6-19,25H,4-5,20H2,1-3H3. The van der Waals surface area contributed by atoms with Gasteiger partial charge in [-0.25, -0.2) is 0 Å². The summed E-state index contributed by atoms with van der Waals surface area (Å²) in [4.78, 5) is 0. The largest absolute Gasteiger partial charge is 0.537 e. The van der Waals surface area contributed by atoms with Crippen LogP contribution in [0.2, 0.25) is 0 Å². The summed E-state index contributed by atoms with van der Waals surface area (Å²) in [5.74, 6) is 0.107. The molecule has 0 saturated carbocycles. The van der Waals surface area contributed by atoms with Crippen molar-refractivity contribution in [3.05, 3.63) is 102 Å². The summed E-state index contributed by atoms with van der Waals surface area (Å²) in [7, 11) is -3.02. The second kappa shape index (κ2) is 10.5. The third-order valence-corrected chi connectivity index (χ3v) is 7.84. The minimum absolute atomic E-state index is 0.107. The van der Waals surface area contributed by atoms with Crippen molar-refractivity contribution in [2.24, 2.45) is 0 Å². The van der Waals surface area contributed by atoms with E-state index >= 15 is 0 Å². The first-order valence-corrected chi connectivity index (χ1v) is 12.0. The molecule has 0 aliphatic carbocycles. The molecular weight excluding hydrogens is 376 g/mol. The maximum absolute atomic E-state index is 6.60. The van der Waals surface area contributed by atoms with Crippen molar-refractivity contribution in [1.82, 2.24) is 0 Å². The van der Waals surface area contributed by atoms with E-state index in [0.29, 0.717) is 19.8 Å². The van der Waals surface area contributed by atoms with Crippen LogP contribution in [0.25, 0.3) is 0 Å². The molecule has 3 aromatic rings. The van der Waals surface area contributed by atoms with Gasteiger partial charge < -0.3 is 13.3 Å². The Bertz CT molecular complexity index is 805. The van der Waals surface area contributed by atoms with Gasteiger partial charge >= 0.3 is 8.80 Å². The Hall–Kier alpha value is -2.24. The zero-order chi connectivity index (χ0) is 20.5. The zero-order valence-electron chi connectivity index (χ0n) is 17.5. The van der Waals surface area contributed by atoms with E-state index in [1.807, 2.05) is 26.0 Å². The monoisotopic (exact) mass is 406 g/mol. The van der Waals surface area contributed by atoms with Crippen molar-refractivity contribution in [2.75, 3.05) is 19.8 Å². The average molecular weight is 407 g/mol. The van der Waals surface area contributed by atoms with E-state index in [-0.39, 0.29) is 5.92 Å². The summed E-state index contributed by atoms with van der Waals surface area (Å²) >= 11 is 0. The van der Waals surface area contributed by atoms with Crippen LogP contribution in [0.4, 0.5) is 0 Å². The lowest BCUT2D eigenvalue weighted by molar-refractivity contribution is 0.0788. The second-order valence-electron chi connectivity index (χ2n) is 6.97. The lowest BCUT2D eigenvalue weighted by atomic mass is 9.92. The third kappa shape index (κ3) is 5.43. The van der Waals surface area contributed by atoms with E-state index in [1.165, 1.54) is 16.7 Å². The fourth-order valence-electron chi connectivity index (χ4n) is 3.46. The fourth-order valence-corrected chi connectivity index (χ4v) is 5.93. The van der Waals surface area contributed by atoms with Gasteiger partial charge in [-0.3, -0.25) is 0 Å². The Kier molecular flexibility index (Phi) is 7.78. The van der Waals surface area contributed by atoms with Crippen LogP contribution in [0.3, 0.4) is 0 Å². The van der Waals surface area contributed by atoms with Gasteiger partial charge in [0, 0.05) is 30.9 Å². The third-order valence-electron chi connectivity index (χ3n) is 4.92.